The van der Waals surface area contributed by atoms with Crippen LogP contribution in [0, 0.1) is 20.8 Å². The molecule has 0 saturated heterocycles. The summed E-state index contributed by atoms with van der Waals surface area (Å²) in [7, 11) is 0. The van der Waals surface area contributed by atoms with Crippen LogP contribution in [-0.4, -0.2) is 5.97 Å². The zero-order chi connectivity index (χ0) is 10.9. The van der Waals surface area contributed by atoms with E-state index in [1.165, 1.54) is 6.92 Å². The second-order valence-electron chi connectivity index (χ2n) is 3.37. The van der Waals surface area contributed by atoms with Crippen molar-refractivity contribution in [1.29, 1.82) is 0 Å². The highest BCUT2D eigenvalue weighted by atomic mass is 79.9. The Morgan fingerprint density at radius 3 is 2.36 bits per heavy atom. The lowest BCUT2D eigenvalue weighted by molar-refractivity contribution is -0.131. The van der Waals surface area contributed by atoms with Gasteiger partial charge in [-0.1, -0.05) is 22.0 Å². The molecule has 1 rings (SSSR count). The van der Waals surface area contributed by atoms with Crippen LogP contribution in [0.5, 0.6) is 5.75 Å². The molecule has 2 nitrogen and oxygen atoms in total. The summed E-state index contributed by atoms with van der Waals surface area (Å²) in [5, 5.41) is 0. The van der Waals surface area contributed by atoms with Crippen molar-refractivity contribution in [3.63, 3.8) is 0 Å². The number of benzene rings is 1. The Morgan fingerprint density at radius 1 is 1.29 bits per heavy atom. The van der Waals surface area contributed by atoms with Gasteiger partial charge >= 0.3 is 5.97 Å². The molecule has 0 unspecified atom stereocenters. The molecule has 76 valence electrons. The lowest BCUT2D eigenvalue weighted by atomic mass is 10.1. The molecular formula is C11H13BrO2. The largest absolute Gasteiger partial charge is 0.426 e. The van der Waals surface area contributed by atoms with Crippen molar-refractivity contribution in [2.45, 2.75) is 27.7 Å². The normalized spacial score (nSPS) is 10.1. The number of hydrogen-bond acceptors (Lipinski definition) is 2. The molecule has 0 fully saturated rings. The van der Waals surface area contributed by atoms with E-state index in [4.69, 9.17) is 4.74 Å². The van der Waals surface area contributed by atoms with Crippen molar-refractivity contribution in [3.8, 4) is 5.75 Å². The molecular weight excluding hydrogens is 244 g/mol. The van der Waals surface area contributed by atoms with E-state index in [1.807, 2.05) is 26.8 Å². The fourth-order valence-electron chi connectivity index (χ4n) is 1.45. The van der Waals surface area contributed by atoms with Crippen molar-refractivity contribution in [2.24, 2.45) is 0 Å². The Bertz CT molecular complexity index is 383. The van der Waals surface area contributed by atoms with Crippen molar-refractivity contribution in [1.82, 2.24) is 0 Å². The number of esters is 1. The van der Waals surface area contributed by atoms with Crippen molar-refractivity contribution >= 4 is 21.9 Å². The fourth-order valence-corrected chi connectivity index (χ4v) is 1.74. The van der Waals surface area contributed by atoms with E-state index in [-0.39, 0.29) is 5.97 Å². The van der Waals surface area contributed by atoms with Gasteiger partial charge in [-0.3, -0.25) is 4.79 Å². The van der Waals surface area contributed by atoms with E-state index < -0.39 is 0 Å². The summed E-state index contributed by atoms with van der Waals surface area (Å²) in [6.07, 6.45) is 0. The second-order valence-corrected chi connectivity index (χ2v) is 4.17. The highest BCUT2D eigenvalue weighted by Crippen LogP contribution is 2.32. The first-order chi connectivity index (χ1) is 6.43. The molecule has 1 aromatic rings. The van der Waals surface area contributed by atoms with Gasteiger partial charge in [0, 0.05) is 17.0 Å². The van der Waals surface area contributed by atoms with E-state index in [9.17, 15) is 4.79 Å². The van der Waals surface area contributed by atoms with Crippen LogP contribution >= 0.6 is 15.9 Å². The van der Waals surface area contributed by atoms with Gasteiger partial charge in [0.2, 0.25) is 0 Å². The lowest BCUT2D eigenvalue weighted by Crippen LogP contribution is -2.05. The Morgan fingerprint density at radius 2 is 1.86 bits per heavy atom. The summed E-state index contributed by atoms with van der Waals surface area (Å²) in [5.41, 5.74) is 3.10. The molecule has 1 aromatic carbocycles. The Labute approximate surface area is 92.4 Å². The minimum absolute atomic E-state index is 0.285. The van der Waals surface area contributed by atoms with Crippen LogP contribution in [0.3, 0.4) is 0 Å². The lowest BCUT2D eigenvalue weighted by Gasteiger charge is -2.12. The van der Waals surface area contributed by atoms with Gasteiger partial charge in [-0.05, 0) is 31.9 Å². The summed E-state index contributed by atoms with van der Waals surface area (Å²) < 4.78 is 6.14. The average Bonchev–Trinajstić information content (AvgIpc) is 2.09. The van der Waals surface area contributed by atoms with Crippen molar-refractivity contribution < 1.29 is 9.53 Å². The highest BCUT2D eigenvalue weighted by Gasteiger charge is 2.11. The van der Waals surface area contributed by atoms with Gasteiger partial charge in [0.05, 0.1) is 0 Å². The first kappa shape index (κ1) is 11.2. The number of carbonyl (C=O) groups is 1. The molecule has 0 N–H and O–H groups in total. The summed E-state index contributed by atoms with van der Waals surface area (Å²) in [4.78, 5) is 10.9. The molecule has 0 aromatic heterocycles. The molecule has 3 heteroatoms. The molecule has 14 heavy (non-hydrogen) atoms. The maximum Gasteiger partial charge on any atom is 0.308 e. The molecule has 0 spiro atoms. The summed E-state index contributed by atoms with van der Waals surface area (Å²) in [6.45, 7) is 7.29. The first-order valence-electron chi connectivity index (χ1n) is 4.38. The molecule has 0 amide bonds. The molecule has 0 aliphatic heterocycles. The Balaban J connectivity index is 3.29. The average molecular weight is 257 g/mol. The maximum absolute atomic E-state index is 10.9. The van der Waals surface area contributed by atoms with Crippen LogP contribution in [-0.2, 0) is 4.79 Å². The van der Waals surface area contributed by atoms with Gasteiger partial charge < -0.3 is 4.74 Å². The predicted molar refractivity (Wildman–Crippen MR) is 59.7 cm³/mol. The SMILES string of the molecule is CC(=O)Oc1c(C)cc(C)c(Br)c1C. The van der Waals surface area contributed by atoms with E-state index in [2.05, 4.69) is 15.9 Å². The van der Waals surface area contributed by atoms with E-state index in [0.717, 1.165) is 21.2 Å². The third kappa shape index (κ3) is 2.15. The predicted octanol–water partition coefficient (Wildman–Crippen LogP) is 3.30. The number of halogens is 1. The molecule has 0 aliphatic rings. The van der Waals surface area contributed by atoms with Crippen LogP contribution in [0.15, 0.2) is 10.5 Å². The van der Waals surface area contributed by atoms with Gasteiger partial charge in [-0.15, -0.1) is 0 Å². The summed E-state index contributed by atoms with van der Waals surface area (Å²) in [5.74, 6) is 0.377. The zero-order valence-corrected chi connectivity index (χ0v) is 10.4. The molecule has 0 saturated carbocycles. The van der Waals surface area contributed by atoms with Gasteiger partial charge in [0.25, 0.3) is 0 Å². The van der Waals surface area contributed by atoms with E-state index in [1.54, 1.807) is 0 Å². The van der Waals surface area contributed by atoms with Gasteiger partial charge in [0.1, 0.15) is 5.75 Å². The molecule has 0 atom stereocenters. The van der Waals surface area contributed by atoms with Crippen LogP contribution < -0.4 is 4.74 Å². The first-order valence-corrected chi connectivity index (χ1v) is 5.17. The minimum Gasteiger partial charge on any atom is -0.426 e. The maximum atomic E-state index is 10.9. The molecule has 0 radical (unpaired) electrons. The van der Waals surface area contributed by atoms with Crippen LogP contribution in [0.2, 0.25) is 0 Å². The third-order valence-corrected chi connectivity index (χ3v) is 3.27. The standard InChI is InChI=1S/C11H13BrO2/c1-6-5-7(2)11(14-9(4)13)8(3)10(6)12/h5H,1-4H3. The highest BCUT2D eigenvalue weighted by molar-refractivity contribution is 9.10. The van der Waals surface area contributed by atoms with Crippen molar-refractivity contribution in [2.75, 3.05) is 0 Å². The van der Waals surface area contributed by atoms with Crippen LogP contribution in [0.1, 0.15) is 23.6 Å². The number of aryl methyl sites for hydroxylation is 2. The number of carbonyl (C=O) groups excluding carboxylic acids is 1. The van der Waals surface area contributed by atoms with Crippen molar-refractivity contribution in [3.05, 3.63) is 27.2 Å². The second kappa shape index (κ2) is 4.13. The van der Waals surface area contributed by atoms with Gasteiger partial charge in [-0.2, -0.15) is 0 Å². The fraction of sp³-hybridized carbons (Fsp3) is 0.364. The smallest absolute Gasteiger partial charge is 0.308 e. The number of rotatable bonds is 1. The molecule has 0 aliphatic carbocycles. The van der Waals surface area contributed by atoms with Crippen LogP contribution in [0.4, 0.5) is 0 Å². The number of ether oxygens (including phenoxy) is 1. The van der Waals surface area contributed by atoms with E-state index in [0.29, 0.717) is 5.75 Å². The van der Waals surface area contributed by atoms with Gasteiger partial charge in [-0.25, -0.2) is 0 Å². The summed E-state index contributed by atoms with van der Waals surface area (Å²) in [6, 6.07) is 2.00. The number of hydrogen-bond donors (Lipinski definition) is 0. The quantitative estimate of drug-likeness (QED) is 0.570. The topological polar surface area (TPSA) is 26.3 Å². The van der Waals surface area contributed by atoms with E-state index >= 15 is 0 Å². The molecule has 0 bridgehead atoms. The zero-order valence-electron chi connectivity index (χ0n) is 8.77. The van der Waals surface area contributed by atoms with Crippen LogP contribution in [0.25, 0.3) is 0 Å². The third-order valence-electron chi connectivity index (χ3n) is 2.05. The monoisotopic (exact) mass is 256 g/mol. The minimum atomic E-state index is -0.285. The Kier molecular flexibility index (Phi) is 3.32. The summed E-state index contributed by atoms with van der Waals surface area (Å²) >= 11 is 3.46. The van der Waals surface area contributed by atoms with Gasteiger partial charge in [0.15, 0.2) is 0 Å². The molecule has 0 heterocycles. The Hall–Kier alpha value is -0.830.